The summed E-state index contributed by atoms with van der Waals surface area (Å²) in [6.07, 6.45) is 7.34. The van der Waals surface area contributed by atoms with E-state index in [1.807, 2.05) is 4.90 Å². The molecular formula is C15H28N2O2. The highest BCUT2D eigenvalue weighted by Crippen LogP contribution is 2.32. The lowest BCUT2D eigenvalue weighted by molar-refractivity contribution is -0.141. The van der Waals surface area contributed by atoms with Gasteiger partial charge in [0.1, 0.15) is 0 Å². The second-order valence-corrected chi connectivity index (χ2v) is 6.28. The molecule has 2 aliphatic rings. The lowest BCUT2D eigenvalue weighted by Crippen LogP contribution is -2.50. The molecule has 0 aromatic heterocycles. The van der Waals surface area contributed by atoms with Crippen molar-refractivity contribution in [2.75, 3.05) is 13.2 Å². The minimum atomic E-state index is 0.0281. The SMILES string of the molecule is CC1C(N)CCCC1C(=O)N1CCCCCC1CO. The molecule has 0 spiro atoms. The first kappa shape index (κ1) is 14.8. The molecule has 4 heteroatoms. The van der Waals surface area contributed by atoms with Crippen molar-refractivity contribution in [3.8, 4) is 0 Å². The average molecular weight is 268 g/mol. The molecule has 1 aliphatic carbocycles. The zero-order valence-electron chi connectivity index (χ0n) is 12.1. The summed E-state index contributed by atoms with van der Waals surface area (Å²) in [4.78, 5) is 14.7. The molecule has 1 amide bonds. The van der Waals surface area contributed by atoms with Crippen LogP contribution in [0.2, 0.25) is 0 Å². The maximum Gasteiger partial charge on any atom is 0.226 e. The minimum absolute atomic E-state index is 0.0281. The number of nitrogens with zero attached hydrogens (tertiary/aromatic N) is 1. The maximum absolute atomic E-state index is 12.8. The van der Waals surface area contributed by atoms with Crippen LogP contribution >= 0.6 is 0 Å². The Morgan fingerprint density at radius 3 is 2.74 bits per heavy atom. The van der Waals surface area contributed by atoms with Gasteiger partial charge in [-0.2, -0.15) is 0 Å². The quantitative estimate of drug-likeness (QED) is 0.798. The molecule has 110 valence electrons. The van der Waals surface area contributed by atoms with Gasteiger partial charge in [0, 0.05) is 18.5 Å². The van der Waals surface area contributed by atoms with E-state index in [0.717, 1.165) is 45.1 Å². The summed E-state index contributed by atoms with van der Waals surface area (Å²) in [6, 6.07) is 0.183. The molecular weight excluding hydrogens is 240 g/mol. The Labute approximate surface area is 116 Å². The van der Waals surface area contributed by atoms with Gasteiger partial charge < -0.3 is 15.7 Å². The van der Waals surface area contributed by atoms with Crippen LogP contribution < -0.4 is 5.73 Å². The Morgan fingerprint density at radius 2 is 2.00 bits per heavy atom. The number of carbonyl (C=O) groups excluding carboxylic acids is 1. The van der Waals surface area contributed by atoms with Crippen LogP contribution in [0.25, 0.3) is 0 Å². The molecule has 1 heterocycles. The van der Waals surface area contributed by atoms with Crippen LogP contribution in [-0.2, 0) is 4.79 Å². The van der Waals surface area contributed by atoms with Crippen molar-refractivity contribution in [3.05, 3.63) is 0 Å². The number of nitrogens with two attached hydrogens (primary N) is 1. The van der Waals surface area contributed by atoms with Crippen LogP contribution in [0.4, 0.5) is 0 Å². The van der Waals surface area contributed by atoms with Crippen molar-refractivity contribution in [1.29, 1.82) is 0 Å². The third-order valence-electron chi connectivity index (χ3n) is 5.05. The summed E-state index contributed by atoms with van der Waals surface area (Å²) in [6.45, 7) is 3.01. The van der Waals surface area contributed by atoms with Crippen molar-refractivity contribution in [1.82, 2.24) is 4.90 Å². The number of amides is 1. The molecule has 1 saturated carbocycles. The predicted molar refractivity (Wildman–Crippen MR) is 75.5 cm³/mol. The number of carbonyl (C=O) groups is 1. The Balaban J connectivity index is 2.07. The molecule has 1 saturated heterocycles. The average Bonchev–Trinajstić information content (AvgIpc) is 2.66. The standard InChI is InChI=1S/C15H28N2O2/c1-11-13(7-5-8-14(11)16)15(19)17-9-4-2-3-6-12(17)10-18/h11-14,18H,2-10,16H2,1H3. The fourth-order valence-corrected chi connectivity index (χ4v) is 3.62. The number of hydrogen-bond acceptors (Lipinski definition) is 3. The van der Waals surface area contributed by atoms with Gasteiger partial charge in [0.05, 0.1) is 12.6 Å². The second kappa shape index (κ2) is 6.71. The Kier molecular flexibility index (Phi) is 5.22. The Bertz CT molecular complexity index is 309. The zero-order chi connectivity index (χ0) is 13.8. The van der Waals surface area contributed by atoms with Crippen molar-refractivity contribution >= 4 is 5.91 Å². The van der Waals surface area contributed by atoms with Gasteiger partial charge >= 0.3 is 0 Å². The van der Waals surface area contributed by atoms with Crippen LogP contribution in [0.15, 0.2) is 0 Å². The second-order valence-electron chi connectivity index (χ2n) is 6.28. The van der Waals surface area contributed by atoms with Crippen molar-refractivity contribution < 1.29 is 9.90 Å². The molecule has 4 atom stereocenters. The van der Waals surface area contributed by atoms with E-state index in [1.165, 1.54) is 6.42 Å². The monoisotopic (exact) mass is 268 g/mol. The lowest BCUT2D eigenvalue weighted by atomic mass is 9.76. The summed E-state index contributed by atoms with van der Waals surface area (Å²) in [5.41, 5.74) is 6.11. The summed E-state index contributed by atoms with van der Waals surface area (Å²) in [5.74, 6) is 0.573. The smallest absolute Gasteiger partial charge is 0.226 e. The van der Waals surface area contributed by atoms with Crippen LogP contribution in [-0.4, -0.2) is 41.1 Å². The van der Waals surface area contributed by atoms with Crippen molar-refractivity contribution in [2.45, 2.75) is 64.0 Å². The number of rotatable bonds is 2. The molecule has 0 aromatic carbocycles. The maximum atomic E-state index is 12.8. The highest BCUT2D eigenvalue weighted by Gasteiger charge is 2.37. The van der Waals surface area contributed by atoms with Crippen molar-refractivity contribution in [3.63, 3.8) is 0 Å². The number of likely N-dealkylation sites (tertiary alicyclic amines) is 1. The lowest BCUT2D eigenvalue weighted by Gasteiger charge is -2.38. The molecule has 2 fully saturated rings. The Morgan fingerprint density at radius 1 is 1.21 bits per heavy atom. The zero-order valence-corrected chi connectivity index (χ0v) is 12.1. The van der Waals surface area contributed by atoms with E-state index in [2.05, 4.69) is 6.92 Å². The molecule has 0 radical (unpaired) electrons. The van der Waals surface area contributed by atoms with E-state index in [9.17, 15) is 9.90 Å². The summed E-state index contributed by atoms with van der Waals surface area (Å²) in [7, 11) is 0. The molecule has 4 nitrogen and oxygen atoms in total. The summed E-state index contributed by atoms with van der Waals surface area (Å²) < 4.78 is 0. The van der Waals surface area contributed by atoms with E-state index >= 15 is 0 Å². The number of aliphatic hydroxyl groups is 1. The number of aliphatic hydroxyl groups excluding tert-OH is 1. The summed E-state index contributed by atoms with van der Waals surface area (Å²) >= 11 is 0. The first-order valence-corrected chi connectivity index (χ1v) is 7.82. The van der Waals surface area contributed by atoms with Gasteiger partial charge in [-0.05, 0) is 31.6 Å². The van der Waals surface area contributed by atoms with E-state index in [-0.39, 0.29) is 36.4 Å². The van der Waals surface area contributed by atoms with Gasteiger partial charge in [-0.15, -0.1) is 0 Å². The Hall–Kier alpha value is -0.610. The van der Waals surface area contributed by atoms with Gasteiger partial charge in [0.25, 0.3) is 0 Å². The van der Waals surface area contributed by atoms with Gasteiger partial charge in [0.15, 0.2) is 0 Å². The predicted octanol–water partition coefficient (Wildman–Crippen LogP) is 1.51. The molecule has 2 rings (SSSR count). The van der Waals surface area contributed by atoms with Crippen LogP contribution in [0, 0.1) is 11.8 Å². The van der Waals surface area contributed by atoms with E-state index in [0.29, 0.717) is 0 Å². The van der Waals surface area contributed by atoms with Crippen molar-refractivity contribution in [2.24, 2.45) is 17.6 Å². The molecule has 0 aromatic rings. The highest BCUT2D eigenvalue weighted by atomic mass is 16.3. The van der Waals surface area contributed by atoms with E-state index in [1.54, 1.807) is 0 Å². The van der Waals surface area contributed by atoms with E-state index < -0.39 is 0 Å². The summed E-state index contributed by atoms with van der Waals surface area (Å²) in [5, 5.41) is 9.53. The van der Waals surface area contributed by atoms with Crippen LogP contribution in [0.3, 0.4) is 0 Å². The van der Waals surface area contributed by atoms with Gasteiger partial charge in [-0.1, -0.05) is 26.2 Å². The van der Waals surface area contributed by atoms with Gasteiger partial charge in [-0.25, -0.2) is 0 Å². The molecule has 4 unspecified atom stereocenters. The van der Waals surface area contributed by atoms with E-state index in [4.69, 9.17) is 5.73 Å². The molecule has 0 bridgehead atoms. The largest absolute Gasteiger partial charge is 0.394 e. The van der Waals surface area contributed by atoms with Gasteiger partial charge in [-0.3, -0.25) is 4.79 Å². The topological polar surface area (TPSA) is 66.6 Å². The highest BCUT2D eigenvalue weighted by molar-refractivity contribution is 5.79. The van der Waals surface area contributed by atoms with Crippen LogP contribution in [0.5, 0.6) is 0 Å². The third kappa shape index (κ3) is 3.29. The minimum Gasteiger partial charge on any atom is -0.394 e. The van der Waals surface area contributed by atoms with Crippen LogP contribution in [0.1, 0.15) is 51.9 Å². The number of hydrogen-bond donors (Lipinski definition) is 2. The molecule has 3 N–H and O–H groups in total. The fraction of sp³-hybridized carbons (Fsp3) is 0.933. The normalized spacial score (nSPS) is 36.9. The molecule has 19 heavy (non-hydrogen) atoms. The first-order chi connectivity index (χ1) is 9.15. The fourth-order valence-electron chi connectivity index (χ4n) is 3.62. The third-order valence-corrected chi connectivity index (χ3v) is 5.05. The van der Waals surface area contributed by atoms with Gasteiger partial charge in [0.2, 0.25) is 5.91 Å². The first-order valence-electron chi connectivity index (χ1n) is 7.82. The molecule has 1 aliphatic heterocycles.